The van der Waals surface area contributed by atoms with Gasteiger partial charge >= 0.3 is 0 Å². The van der Waals surface area contributed by atoms with Gasteiger partial charge in [0, 0.05) is 11.9 Å². The Morgan fingerprint density at radius 1 is 0.528 bits per heavy atom. The fraction of sp³-hybridized carbons (Fsp3) is 0.0294. The van der Waals surface area contributed by atoms with Gasteiger partial charge in [0.05, 0.1) is 5.69 Å². The van der Waals surface area contributed by atoms with Crippen LogP contribution in [0.1, 0.15) is 5.56 Å². The highest BCUT2D eigenvalue weighted by atomic mass is 15.2. The van der Waals surface area contributed by atoms with Gasteiger partial charge in [0.1, 0.15) is 5.82 Å². The van der Waals surface area contributed by atoms with Crippen LogP contribution in [0.2, 0.25) is 0 Å². The zero-order valence-corrected chi connectivity index (χ0v) is 20.0. The van der Waals surface area contributed by atoms with E-state index >= 15 is 0 Å². The number of aromatic nitrogens is 1. The average Bonchev–Trinajstić information content (AvgIpc) is 3.27. The molecule has 1 heterocycles. The maximum atomic E-state index is 4.67. The van der Waals surface area contributed by atoms with Gasteiger partial charge in [-0.1, -0.05) is 91.0 Å². The SMILES string of the molecule is Cc1ccccc1N(c1ccc(-c2ccc3c4c(cccc24)-c2ccccc2-3)cc1)c1ccccn1. The van der Waals surface area contributed by atoms with Gasteiger partial charge in [-0.3, -0.25) is 4.90 Å². The first-order valence-corrected chi connectivity index (χ1v) is 12.3. The summed E-state index contributed by atoms with van der Waals surface area (Å²) in [5, 5.41) is 2.66. The van der Waals surface area contributed by atoms with Crippen LogP contribution >= 0.6 is 0 Å². The third kappa shape index (κ3) is 3.15. The molecule has 0 N–H and O–H groups in total. The van der Waals surface area contributed by atoms with Crippen LogP contribution in [0.3, 0.4) is 0 Å². The Balaban J connectivity index is 1.35. The minimum absolute atomic E-state index is 0.905. The second kappa shape index (κ2) is 8.21. The van der Waals surface area contributed by atoms with Gasteiger partial charge < -0.3 is 0 Å². The molecule has 170 valence electrons. The van der Waals surface area contributed by atoms with Crippen molar-refractivity contribution in [2.45, 2.75) is 6.92 Å². The number of anilines is 3. The lowest BCUT2D eigenvalue weighted by Crippen LogP contribution is -2.12. The van der Waals surface area contributed by atoms with Crippen molar-refractivity contribution in [2.75, 3.05) is 4.90 Å². The van der Waals surface area contributed by atoms with E-state index in [0.29, 0.717) is 0 Å². The van der Waals surface area contributed by atoms with Crippen LogP contribution in [0.15, 0.2) is 128 Å². The molecular weight excluding hydrogens is 436 g/mol. The number of benzene rings is 5. The molecule has 0 saturated carbocycles. The Kier molecular flexibility index (Phi) is 4.71. The molecule has 0 fully saturated rings. The van der Waals surface area contributed by atoms with E-state index in [1.165, 1.54) is 49.7 Å². The molecular formula is C34H24N2. The van der Waals surface area contributed by atoms with E-state index in [1.54, 1.807) is 0 Å². The number of para-hydroxylation sites is 1. The molecule has 0 spiro atoms. The molecule has 0 atom stereocenters. The van der Waals surface area contributed by atoms with Crippen LogP contribution in [0, 0.1) is 6.92 Å². The highest BCUT2D eigenvalue weighted by Gasteiger charge is 2.22. The first kappa shape index (κ1) is 20.7. The standard InChI is InChI=1S/C34H24N2/c1-23-9-2-5-14-32(23)36(33-15-6-7-22-35-33)25-18-16-24(17-19-25)26-20-21-31-28-11-4-3-10-27(28)30-13-8-12-29(26)34(30)31/h2-22H,1H3. The molecule has 36 heavy (non-hydrogen) atoms. The van der Waals surface area contributed by atoms with E-state index in [9.17, 15) is 0 Å². The molecule has 0 aliphatic heterocycles. The van der Waals surface area contributed by atoms with E-state index in [1.807, 2.05) is 18.3 Å². The van der Waals surface area contributed by atoms with Gasteiger partial charge in [-0.05, 0) is 87.0 Å². The quantitative estimate of drug-likeness (QED) is 0.260. The van der Waals surface area contributed by atoms with Crippen LogP contribution in [0.5, 0.6) is 0 Å². The first-order chi connectivity index (χ1) is 17.8. The number of fused-ring (bicyclic) bond motifs is 3. The van der Waals surface area contributed by atoms with E-state index in [-0.39, 0.29) is 0 Å². The molecule has 2 heteroatoms. The topological polar surface area (TPSA) is 16.1 Å². The van der Waals surface area contributed by atoms with Crippen molar-refractivity contribution in [1.29, 1.82) is 0 Å². The summed E-state index contributed by atoms with van der Waals surface area (Å²) in [4.78, 5) is 6.89. The molecule has 5 aromatic carbocycles. The molecule has 1 aliphatic carbocycles. The van der Waals surface area contributed by atoms with Crippen molar-refractivity contribution in [3.8, 4) is 33.4 Å². The summed E-state index contributed by atoms with van der Waals surface area (Å²) in [5.74, 6) is 0.905. The highest BCUT2D eigenvalue weighted by Crippen LogP contribution is 2.49. The van der Waals surface area contributed by atoms with Crippen LogP contribution in [-0.2, 0) is 0 Å². The predicted molar refractivity (Wildman–Crippen MR) is 151 cm³/mol. The van der Waals surface area contributed by atoms with Gasteiger partial charge in [0.25, 0.3) is 0 Å². The molecule has 1 aromatic heterocycles. The number of rotatable bonds is 4. The smallest absolute Gasteiger partial charge is 0.137 e. The van der Waals surface area contributed by atoms with Crippen LogP contribution in [0.4, 0.5) is 17.2 Å². The maximum Gasteiger partial charge on any atom is 0.137 e. The number of pyridine rings is 1. The molecule has 1 aliphatic rings. The Hall–Kier alpha value is -4.69. The van der Waals surface area contributed by atoms with Crippen molar-refractivity contribution in [3.63, 3.8) is 0 Å². The van der Waals surface area contributed by atoms with Gasteiger partial charge in [0.15, 0.2) is 0 Å². The molecule has 0 radical (unpaired) electrons. The summed E-state index contributed by atoms with van der Waals surface area (Å²) in [6.07, 6.45) is 1.85. The maximum absolute atomic E-state index is 4.67. The largest absolute Gasteiger partial charge is 0.295 e. The van der Waals surface area contributed by atoms with Crippen molar-refractivity contribution in [1.82, 2.24) is 4.98 Å². The molecule has 0 saturated heterocycles. The second-order valence-electron chi connectivity index (χ2n) is 9.29. The average molecular weight is 461 g/mol. The van der Waals surface area contributed by atoms with E-state index < -0.39 is 0 Å². The van der Waals surface area contributed by atoms with Gasteiger partial charge in [-0.2, -0.15) is 0 Å². The number of aryl methyl sites for hydroxylation is 1. The molecule has 0 unspecified atom stereocenters. The van der Waals surface area contributed by atoms with Gasteiger partial charge in [-0.15, -0.1) is 0 Å². The lowest BCUT2D eigenvalue weighted by molar-refractivity contribution is 1.17. The summed E-state index contributed by atoms with van der Waals surface area (Å²) >= 11 is 0. The lowest BCUT2D eigenvalue weighted by atomic mass is 9.94. The minimum Gasteiger partial charge on any atom is -0.295 e. The Bertz CT molecular complexity index is 1700. The van der Waals surface area contributed by atoms with Crippen molar-refractivity contribution >= 4 is 28.0 Å². The van der Waals surface area contributed by atoms with Crippen molar-refractivity contribution in [3.05, 3.63) is 133 Å². The first-order valence-electron chi connectivity index (χ1n) is 12.3. The van der Waals surface area contributed by atoms with Crippen molar-refractivity contribution in [2.24, 2.45) is 0 Å². The summed E-state index contributed by atoms with van der Waals surface area (Å²) in [7, 11) is 0. The normalized spacial score (nSPS) is 11.5. The van der Waals surface area contributed by atoms with E-state index in [4.69, 9.17) is 0 Å². The summed E-state index contributed by atoms with van der Waals surface area (Å²) in [5.41, 5.74) is 11.2. The minimum atomic E-state index is 0.905. The Morgan fingerprint density at radius 2 is 1.19 bits per heavy atom. The fourth-order valence-electron chi connectivity index (χ4n) is 5.55. The Morgan fingerprint density at radius 3 is 1.94 bits per heavy atom. The highest BCUT2D eigenvalue weighted by molar-refractivity contribution is 6.18. The molecule has 2 nitrogen and oxygen atoms in total. The summed E-state index contributed by atoms with van der Waals surface area (Å²) < 4.78 is 0. The predicted octanol–water partition coefficient (Wildman–Crippen LogP) is 9.33. The monoisotopic (exact) mass is 460 g/mol. The fourth-order valence-corrected chi connectivity index (χ4v) is 5.55. The molecule has 0 bridgehead atoms. The van der Waals surface area contributed by atoms with E-state index in [2.05, 4.69) is 126 Å². The summed E-state index contributed by atoms with van der Waals surface area (Å²) in [6.45, 7) is 2.14. The Labute approximate surface area is 211 Å². The molecule has 7 rings (SSSR count). The lowest BCUT2D eigenvalue weighted by Gasteiger charge is -2.26. The summed E-state index contributed by atoms with van der Waals surface area (Å²) in [6, 6.07) is 43.3. The van der Waals surface area contributed by atoms with Gasteiger partial charge in [-0.25, -0.2) is 4.98 Å². The van der Waals surface area contributed by atoms with Crippen LogP contribution in [-0.4, -0.2) is 4.98 Å². The molecule has 0 amide bonds. The van der Waals surface area contributed by atoms with E-state index in [0.717, 1.165) is 17.2 Å². The van der Waals surface area contributed by atoms with Crippen molar-refractivity contribution < 1.29 is 0 Å². The third-order valence-electron chi connectivity index (χ3n) is 7.22. The number of hydrogen-bond donors (Lipinski definition) is 0. The second-order valence-corrected chi connectivity index (χ2v) is 9.29. The third-order valence-corrected chi connectivity index (χ3v) is 7.22. The zero-order valence-electron chi connectivity index (χ0n) is 20.0. The number of nitrogens with zero attached hydrogens (tertiary/aromatic N) is 2. The van der Waals surface area contributed by atoms with Crippen LogP contribution in [0.25, 0.3) is 44.2 Å². The zero-order chi connectivity index (χ0) is 24.1. The van der Waals surface area contributed by atoms with Crippen LogP contribution < -0.4 is 4.90 Å². The number of hydrogen-bond acceptors (Lipinski definition) is 2. The molecule has 6 aromatic rings. The van der Waals surface area contributed by atoms with Gasteiger partial charge in [0.2, 0.25) is 0 Å².